The van der Waals surface area contributed by atoms with Crippen molar-refractivity contribution in [3.05, 3.63) is 330 Å². The van der Waals surface area contributed by atoms with Gasteiger partial charge in [0, 0.05) is 53.8 Å². The summed E-state index contributed by atoms with van der Waals surface area (Å²) >= 11 is 1.76. The third-order valence-corrected chi connectivity index (χ3v) is 22.8. The van der Waals surface area contributed by atoms with Crippen molar-refractivity contribution in [2.75, 3.05) is 0 Å². The molecule has 0 amide bonds. The van der Waals surface area contributed by atoms with Crippen LogP contribution in [0.4, 0.5) is 0 Å². The third kappa shape index (κ3) is 13.3. The molecule has 9 heteroatoms. The summed E-state index contributed by atoms with van der Waals surface area (Å²) in [5.41, 5.74) is 44.6. The molecule has 111 heavy (non-hydrogen) atoms. The zero-order valence-electron chi connectivity index (χ0n) is 64.5. The molecule has 4 aliphatic rings. The van der Waals surface area contributed by atoms with Crippen LogP contribution in [0.25, 0.3) is 180 Å². The molecule has 0 radical (unpaired) electrons. The van der Waals surface area contributed by atoms with Crippen LogP contribution < -0.4 is 9.97 Å². The van der Waals surface area contributed by atoms with Crippen LogP contribution >= 0.6 is 11.3 Å². The Bertz CT molecular complexity index is 6640. The van der Waals surface area contributed by atoms with Crippen LogP contribution in [0.5, 0.6) is 0 Å². The standard InChI is InChI=1S/C102H79N7S.Zn/c1-57-16-26-71(27-17-57)95-76-34-35-77(103-76)96(72-28-18-58(2)19-29-72)79-37-41-83(105-79)99(91-49-48-90(110-91)98(82-40-36-78(95)104-82)74-30-20-59(3)21-31-74)75-15-13-14-70(56-75)23-22-69-24-32-73(33-25-69)97-80-38-42-84(106-80)100(92-63(7)50-60(4)51-64(92)8)86-44-46-88(108-86)102(94-67(11)54-62(6)55-68(94)12)89-47-45-87(109-89)101(85-43-39-81(97)107-85)93-65(9)52-61(5)53-66(93)10;/h13-21,24-56,103H,1-12H3;/q-2;+2. The molecule has 10 heterocycles. The summed E-state index contributed by atoms with van der Waals surface area (Å²) < 4.78 is 2.18. The van der Waals surface area contributed by atoms with Crippen LogP contribution in [0.2, 0.25) is 0 Å². The van der Waals surface area contributed by atoms with Gasteiger partial charge in [-0.1, -0.05) is 203 Å². The zero-order valence-corrected chi connectivity index (χ0v) is 68.3. The van der Waals surface area contributed by atoms with Crippen molar-refractivity contribution in [2.24, 2.45) is 0 Å². The number of H-pyrrole nitrogens is 1. The molecule has 530 valence electrons. The van der Waals surface area contributed by atoms with Crippen LogP contribution in [0.3, 0.4) is 0 Å². The smallest absolute Gasteiger partial charge is 0.657 e. The number of aromatic nitrogens is 7. The molecule has 0 unspecified atom stereocenters. The molecule has 7 nitrogen and oxygen atoms in total. The number of rotatable bonds is 8. The molecule has 0 saturated carbocycles. The van der Waals surface area contributed by atoms with E-state index >= 15 is 0 Å². The SMILES string of the molecule is Cc1ccc(-c2c3nc(c(-c4ccc(C)cc4)c4ccc(s4)c(-c4cccc(C#Cc5ccc(-c6c7nc(c(-c8c(C)cc(C)cc8C)c8ccc([n-]8)c(-c8c(C)cc(C)cc8C)c8nc(c(-c9c(C)cc(C)cc9C)c9ccc6[n-]9)C=C8)C=C7)cc5)c4)c4nc(c(-c5ccc(C)cc5)c5ccc2[nH]5)C=C4)C=C3)cc1.[Zn+2]. The van der Waals surface area contributed by atoms with E-state index in [1.165, 1.54) is 44.5 Å². The Kier molecular flexibility index (Phi) is 18.6. The van der Waals surface area contributed by atoms with E-state index in [1.807, 2.05) is 0 Å². The summed E-state index contributed by atoms with van der Waals surface area (Å²) in [6.07, 6.45) is 17.4. The van der Waals surface area contributed by atoms with Gasteiger partial charge in [-0.3, -0.25) is 0 Å². The van der Waals surface area contributed by atoms with E-state index in [-0.39, 0.29) is 19.5 Å². The van der Waals surface area contributed by atoms with Gasteiger partial charge in [0.15, 0.2) is 0 Å². The largest absolute Gasteiger partial charge is 2.00 e. The molecule has 0 atom stereocenters. The zero-order chi connectivity index (χ0) is 75.3. The number of nitrogens with one attached hydrogen (secondary N) is 1. The van der Waals surface area contributed by atoms with Gasteiger partial charge in [-0.15, -0.1) is 33.4 Å². The van der Waals surface area contributed by atoms with Crippen molar-refractivity contribution < 1.29 is 19.5 Å². The number of hydrogen-bond acceptors (Lipinski definition) is 5. The quantitative estimate of drug-likeness (QED) is 0.120. The van der Waals surface area contributed by atoms with E-state index in [1.54, 1.807) is 11.3 Å². The number of aryl methyl sites for hydroxylation is 12. The Morgan fingerprint density at radius 2 is 0.550 bits per heavy atom. The van der Waals surface area contributed by atoms with Crippen molar-refractivity contribution in [1.29, 1.82) is 0 Å². The predicted molar refractivity (Wildman–Crippen MR) is 465 cm³/mol. The van der Waals surface area contributed by atoms with Crippen molar-refractivity contribution in [3.8, 4) is 101 Å². The van der Waals surface area contributed by atoms with Crippen LogP contribution in [0.15, 0.2) is 206 Å². The van der Waals surface area contributed by atoms with E-state index in [0.717, 1.165) is 210 Å². The second-order valence-corrected chi connectivity index (χ2v) is 31.2. The Balaban J connectivity index is 0.00000896. The fourth-order valence-corrected chi connectivity index (χ4v) is 18.1. The molecule has 0 fully saturated rings. The molecule has 0 saturated heterocycles. The maximum Gasteiger partial charge on any atom is 2.00 e. The van der Waals surface area contributed by atoms with Gasteiger partial charge in [0.1, 0.15) is 0 Å². The fourth-order valence-electron chi connectivity index (χ4n) is 16.9. The first-order valence-electron chi connectivity index (χ1n) is 37.7. The van der Waals surface area contributed by atoms with Crippen molar-refractivity contribution in [3.63, 3.8) is 0 Å². The molecule has 14 aromatic rings. The molecule has 0 spiro atoms. The summed E-state index contributed by atoms with van der Waals surface area (Å²) in [6, 6.07) is 74.7. The number of thiophene rings is 1. The number of hydrogen-bond donors (Lipinski definition) is 1. The molecule has 4 aliphatic heterocycles. The molecule has 6 aromatic heterocycles. The van der Waals surface area contributed by atoms with E-state index in [0.29, 0.717) is 0 Å². The van der Waals surface area contributed by atoms with Crippen LogP contribution in [0.1, 0.15) is 123 Å². The molecular weight excluding hydrogens is 1420 g/mol. The monoisotopic (exact) mass is 1500 g/mol. The van der Waals surface area contributed by atoms with Gasteiger partial charge >= 0.3 is 19.5 Å². The Morgan fingerprint density at radius 1 is 0.252 bits per heavy atom. The fraction of sp³-hybridized carbons (Fsp3) is 0.118. The van der Waals surface area contributed by atoms with Gasteiger partial charge in [0.25, 0.3) is 0 Å². The second-order valence-electron chi connectivity index (χ2n) is 30.1. The summed E-state index contributed by atoms with van der Waals surface area (Å²) in [7, 11) is 0. The average molecular weight is 1500 g/mol. The maximum atomic E-state index is 5.71. The first kappa shape index (κ1) is 71.5. The predicted octanol–water partition coefficient (Wildman–Crippen LogP) is 26.1. The van der Waals surface area contributed by atoms with Crippen LogP contribution in [-0.2, 0) is 19.5 Å². The molecule has 18 rings (SSSR count). The van der Waals surface area contributed by atoms with Crippen molar-refractivity contribution in [2.45, 2.75) is 83.1 Å². The van der Waals surface area contributed by atoms with E-state index in [2.05, 4.69) is 355 Å². The van der Waals surface area contributed by atoms with Crippen LogP contribution in [-0.4, -0.2) is 24.9 Å². The summed E-state index contributed by atoms with van der Waals surface area (Å²) in [6.45, 7) is 26.1. The number of nitrogens with zero attached hydrogens (tertiary/aromatic N) is 6. The minimum absolute atomic E-state index is 0. The maximum absolute atomic E-state index is 5.71. The second kappa shape index (κ2) is 28.9. The molecule has 1 N–H and O–H groups in total. The summed E-state index contributed by atoms with van der Waals surface area (Å²) in [5.74, 6) is 7.23. The molecular formula is C102H79N7SZn. The molecule has 8 aromatic carbocycles. The summed E-state index contributed by atoms with van der Waals surface area (Å²) in [5, 5.41) is 0. The minimum atomic E-state index is 0. The van der Waals surface area contributed by atoms with Gasteiger partial charge in [0.2, 0.25) is 0 Å². The summed E-state index contributed by atoms with van der Waals surface area (Å²) in [4.78, 5) is 38.0. The Labute approximate surface area is 665 Å². The molecule has 0 aliphatic carbocycles. The normalized spacial score (nSPS) is 12.0. The Hall–Kier alpha value is -12.4. The van der Waals surface area contributed by atoms with Crippen LogP contribution in [0, 0.1) is 94.9 Å². The minimum Gasteiger partial charge on any atom is -0.657 e. The number of benzene rings is 8. The molecule has 16 bridgehead atoms. The van der Waals surface area contributed by atoms with E-state index < -0.39 is 0 Å². The van der Waals surface area contributed by atoms with E-state index in [4.69, 9.17) is 29.9 Å². The van der Waals surface area contributed by atoms with E-state index in [9.17, 15) is 0 Å². The topological polar surface area (TPSA) is 95.6 Å². The van der Waals surface area contributed by atoms with Crippen molar-refractivity contribution >= 4 is 102 Å². The average Bonchev–Trinajstić information content (AvgIpc) is 1.62. The van der Waals surface area contributed by atoms with Gasteiger partial charge < -0.3 is 15.0 Å². The first-order chi connectivity index (χ1) is 53.4. The van der Waals surface area contributed by atoms with Gasteiger partial charge in [-0.2, -0.15) is 0 Å². The number of aromatic amines is 1. The van der Waals surface area contributed by atoms with Crippen molar-refractivity contribution in [1.82, 2.24) is 34.9 Å². The Morgan fingerprint density at radius 3 is 0.928 bits per heavy atom. The third-order valence-electron chi connectivity index (χ3n) is 21.7. The van der Waals surface area contributed by atoms with Gasteiger partial charge in [-0.05, 0) is 280 Å². The van der Waals surface area contributed by atoms with Gasteiger partial charge in [-0.25, -0.2) is 19.9 Å². The van der Waals surface area contributed by atoms with Gasteiger partial charge in [0.05, 0.1) is 45.6 Å². The number of fused-ring (bicyclic) bond motifs is 16. The first-order valence-corrected chi connectivity index (χ1v) is 38.5.